The smallest absolute Gasteiger partial charge is 0.0603 e. The first-order valence-corrected chi connectivity index (χ1v) is 5.28. The minimum atomic E-state index is 1.06. The fourth-order valence-electron chi connectivity index (χ4n) is 1.52. The first-order valence-electron chi connectivity index (χ1n) is 4.49. The molecule has 1 heterocycles. The molecule has 0 unspecified atom stereocenters. The van der Waals surface area contributed by atoms with Crippen LogP contribution in [-0.2, 0) is 6.42 Å². The highest BCUT2D eigenvalue weighted by Gasteiger charge is 2.04. The highest BCUT2D eigenvalue weighted by molar-refractivity contribution is 9.10. The average Bonchev–Trinajstić information content (AvgIpc) is 2.55. The number of fused-ring (bicyclic) bond motifs is 1. The van der Waals surface area contributed by atoms with Crippen LogP contribution in [0.5, 0.6) is 0 Å². The van der Waals surface area contributed by atoms with Crippen molar-refractivity contribution in [2.45, 2.75) is 20.3 Å². The SMILES string of the molecule is CCc1cc2ccc(C)c(Br)c2[nH]1. The van der Waals surface area contributed by atoms with E-state index < -0.39 is 0 Å². The number of benzene rings is 1. The monoisotopic (exact) mass is 237 g/mol. The van der Waals surface area contributed by atoms with Gasteiger partial charge in [-0.2, -0.15) is 0 Å². The van der Waals surface area contributed by atoms with Crippen LogP contribution in [0.1, 0.15) is 18.2 Å². The molecule has 2 aromatic rings. The van der Waals surface area contributed by atoms with Crippen LogP contribution >= 0.6 is 15.9 Å². The number of rotatable bonds is 1. The molecular weight excluding hydrogens is 226 g/mol. The first kappa shape index (κ1) is 8.82. The van der Waals surface area contributed by atoms with Crippen molar-refractivity contribution < 1.29 is 0 Å². The molecule has 0 bridgehead atoms. The molecule has 13 heavy (non-hydrogen) atoms. The molecule has 2 rings (SSSR count). The maximum absolute atomic E-state index is 3.59. The topological polar surface area (TPSA) is 15.8 Å². The second-order valence-electron chi connectivity index (χ2n) is 3.31. The Bertz CT molecular complexity index is 443. The molecule has 0 radical (unpaired) electrons. The van der Waals surface area contributed by atoms with E-state index in [1.165, 1.54) is 26.6 Å². The summed E-state index contributed by atoms with van der Waals surface area (Å²) < 4.78 is 1.18. The van der Waals surface area contributed by atoms with E-state index in [1.54, 1.807) is 0 Å². The standard InChI is InChI=1S/C11H12BrN/c1-3-9-6-8-5-4-7(2)10(12)11(8)13-9/h4-6,13H,3H2,1-2H3. The highest BCUT2D eigenvalue weighted by Crippen LogP contribution is 2.27. The summed E-state index contributed by atoms with van der Waals surface area (Å²) in [5.41, 5.74) is 3.79. The molecule has 1 nitrogen and oxygen atoms in total. The summed E-state index contributed by atoms with van der Waals surface area (Å²) in [5, 5.41) is 1.29. The van der Waals surface area contributed by atoms with Gasteiger partial charge in [0.05, 0.1) is 5.52 Å². The molecule has 0 spiro atoms. The number of hydrogen-bond acceptors (Lipinski definition) is 0. The maximum Gasteiger partial charge on any atom is 0.0603 e. The lowest BCUT2D eigenvalue weighted by Crippen LogP contribution is -1.78. The summed E-state index contributed by atoms with van der Waals surface area (Å²) in [5.74, 6) is 0. The molecule has 0 saturated heterocycles. The van der Waals surface area contributed by atoms with E-state index in [4.69, 9.17) is 0 Å². The molecule has 1 aromatic heterocycles. The molecule has 0 atom stereocenters. The Morgan fingerprint density at radius 2 is 2.15 bits per heavy atom. The van der Waals surface area contributed by atoms with Crippen LogP contribution in [0.4, 0.5) is 0 Å². The molecule has 0 aliphatic heterocycles. The Hall–Kier alpha value is -0.760. The second-order valence-corrected chi connectivity index (χ2v) is 4.10. The van der Waals surface area contributed by atoms with Gasteiger partial charge in [0.2, 0.25) is 0 Å². The quantitative estimate of drug-likeness (QED) is 0.777. The number of H-pyrrole nitrogens is 1. The Morgan fingerprint density at radius 3 is 2.85 bits per heavy atom. The van der Waals surface area contributed by atoms with Crippen molar-refractivity contribution in [3.05, 3.63) is 33.9 Å². The lowest BCUT2D eigenvalue weighted by molar-refractivity contribution is 1.07. The van der Waals surface area contributed by atoms with E-state index in [0.29, 0.717) is 0 Å². The van der Waals surface area contributed by atoms with Gasteiger partial charge >= 0.3 is 0 Å². The van der Waals surface area contributed by atoms with Crippen molar-refractivity contribution in [1.29, 1.82) is 0 Å². The van der Waals surface area contributed by atoms with Crippen LogP contribution in [0, 0.1) is 6.92 Å². The third-order valence-electron chi connectivity index (χ3n) is 2.36. The lowest BCUT2D eigenvalue weighted by Gasteiger charge is -1.98. The molecule has 1 N–H and O–H groups in total. The third-order valence-corrected chi connectivity index (χ3v) is 3.39. The van der Waals surface area contributed by atoms with Crippen LogP contribution in [0.3, 0.4) is 0 Å². The summed E-state index contributed by atoms with van der Waals surface area (Å²) in [7, 11) is 0. The summed E-state index contributed by atoms with van der Waals surface area (Å²) in [6.45, 7) is 4.27. The minimum Gasteiger partial charge on any atom is -0.357 e. The van der Waals surface area contributed by atoms with Gasteiger partial charge in [-0.25, -0.2) is 0 Å². The van der Waals surface area contributed by atoms with Crippen LogP contribution < -0.4 is 0 Å². The molecule has 0 saturated carbocycles. The summed E-state index contributed by atoms with van der Waals surface area (Å²) in [4.78, 5) is 3.41. The summed E-state index contributed by atoms with van der Waals surface area (Å²) >= 11 is 3.59. The highest BCUT2D eigenvalue weighted by atomic mass is 79.9. The molecule has 68 valence electrons. The van der Waals surface area contributed by atoms with Crippen molar-refractivity contribution in [1.82, 2.24) is 4.98 Å². The predicted molar refractivity (Wildman–Crippen MR) is 60.1 cm³/mol. The molecule has 0 amide bonds. The molecule has 2 heteroatoms. The predicted octanol–water partition coefficient (Wildman–Crippen LogP) is 3.80. The van der Waals surface area contributed by atoms with Gasteiger partial charge in [-0.1, -0.05) is 19.1 Å². The van der Waals surface area contributed by atoms with E-state index in [2.05, 4.69) is 53.0 Å². The van der Waals surface area contributed by atoms with Gasteiger partial charge in [0, 0.05) is 15.6 Å². The van der Waals surface area contributed by atoms with Crippen molar-refractivity contribution in [2.24, 2.45) is 0 Å². The van der Waals surface area contributed by atoms with Gasteiger partial charge in [0.25, 0.3) is 0 Å². The van der Waals surface area contributed by atoms with E-state index in [9.17, 15) is 0 Å². The molecule has 0 fully saturated rings. The fraction of sp³-hybridized carbons (Fsp3) is 0.273. The van der Waals surface area contributed by atoms with Gasteiger partial charge in [0.1, 0.15) is 0 Å². The zero-order chi connectivity index (χ0) is 9.42. The number of aryl methyl sites for hydroxylation is 2. The first-order chi connectivity index (χ1) is 6.22. The molecule has 0 aliphatic carbocycles. The van der Waals surface area contributed by atoms with E-state index in [-0.39, 0.29) is 0 Å². The normalized spacial score (nSPS) is 11.0. The lowest BCUT2D eigenvalue weighted by atomic mass is 10.2. The third kappa shape index (κ3) is 1.39. The van der Waals surface area contributed by atoms with Crippen molar-refractivity contribution in [3.63, 3.8) is 0 Å². The van der Waals surface area contributed by atoms with E-state index in [0.717, 1.165) is 6.42 Å². The Kier molecular flexibility index (Phi) is 2.16. The van der Waals surface area contributed by atoms with Crippen molar-refractivity contribution in [3.8, 4) is 0 Å². The Morgan fingerprint density at radius 1 is 1.38 bits per heavy atom. The van der Waals surface area contributed by atoms with Gasteiger partial charge in [-0.15, -0.1) is 0 Å². The van der Waals surface area contributed by atoms with Crippen LogP contribution in [0.15, 0.2) is 22.7 Å². The number of hydrogen-bond donors (Lipinski definition) is 1. The minimum absolute atomic E-state index is 1.06. The number of nitrogens with one attached hydrogen (secondary N) is 1. The summed E-state index contributed by atoms with van der Waals surface area (Å²) in [6.07, 6.45) is 1.06. The van der Waals surface area contributed by atoms with Crippen LogP contribution in [-0.4, -0.2) is 4.98 Å². The molecule has 1 aromatic carbocycles. The van der Waals surface area contributed by atoms with Gasteiger partial charge in [-0.3, -0.25) is 0 Å². The molecule has 0 aliphatic rings. The average molecular weight is 238 g/mol. The Labute approximate surface area is 86.3 Å². The Balaban J connectivity index is 2.76. The van der Waals surface area contributed by atoms with Crippen LogP contribution in [0.2, 0.25) is 0 Å². The number of halogens is 1. The fourth-order valence-corrected chi connectivity index (χ4v) is 1.98. The second kappa shape index (κ2) is 3.18. The van der Waals surface area contributed by atoms with Gasteiger partial charge in [-0.05, 0) is 40.9 Å². The summed E-state index contributed by atoms with van der Waals surface area (Å²) in [6, 6.07) is 6.50. The zero-order valence-corrected chi connectivity index (χ0v) is 9.40. The number of aromatic nitrogens is 1. The largest absolute Gasteiger partial charge is 0.357 e. The van der Waals surface area contributed by atoms with Crippen molar-refractivity contribution in [2.75, 3.05) is 0 Å². The molecular formula is C11H12BrN. The maximum atomic E-state index is 3.59. The number of aromatic amines is 1. The van der Waals surface area contributed by atoms with E-state index >= 15 is 0 Å². The van der Waals surface area contributed by atoms with Gasteiger partial charge < -0.3 is 4.98 Å². The van der Waals surface area contributed by atoms with Crippen LogP contribution in [0.25, 0.3) is 10.9 Å². The zero-order valence-electron chi connectivity index (χ0n) is 7.82. The van der Waals surface area contributed by atoms with Gasteiger partial charge in [0.15, 0.2) is 0 Å². The van der Waals surface area contributed by atoms with Crippen molar-refractivity contribution >= 4 is 26.8 Å². The van der Waals surface area contributed by atoms with E-state index in [1.807, 2.05) is 0 Å².